The first kappa shape index (κ1) is 13.6. The Balaban J connectivity index is 2.66. The van der Waals surface area contributed by atoms with Crippen LogP contribution >= 0.6 is 0 Å². The second kappa shape index (κ2) is 6.34. The predicted molar refractivity (Wildman–Crippen MR) is 66.6 cm³/mol. The number of likely N-dealkylation sites (N-methyl/N-ethyl adjacent to an activating group) is 1. The number of rotatable bonds is 2. The molecule has 1 heterocycles. The number of aliphatic imine (C=N–C) groups is 2. The van der Waals surface area contributed by atoms with E-state index in [1.165, 1.54) is 6.92 Å². The van der Waals surface area contributed by atoms with Crippen molar-refractivity contribution in [3.05, 3.63) is 12.4 Å². The van der Waals surface area contributed by atoms with E-state index in [0.29, 0.717) is 0 Å². The molecule has 0 aromatic heterocycles. The van der Waals surface area contributed by atoms with Gasteiger partial charge >= 0.3 is 6.02 Å². The molecule has 1 saturated heterocycles. The van der Waals surface area contributed by atoms with Crippen LogP contribution in [-0.2, 0) is 4.74 Å². The van der Waals surface area contributed by atoms with Crippen molar-refractivity contribution >= 4 is 12.0 Å². The van der Waals surface area contributed by atoms with Crippen molar-refractivity contribution in [1.29, 1.82) is 0 Å². The van der Waals surface area contributed by atoms with Gasteiger partial charge in [0.1, 0.15) is 11.9 Å². The van der Waals surface area contributed by atoms with E-state index >= 15 is 0 Å². The van der Waals surface area contributed by atoms with Crippen molar-refractivity contribution in [1.82, 2.24) is 4.90 Å². The smallest absolute Gasteiger partial charge is 0.321 e. The molecule has 1 unspecified atom stereocenters. The molecule has 5 nitrogen and oxygen atoms in total. The third-order valence-corrected chi connectivity index (χ3v) is 2.34. The highest BCUT2D eigenvalue weighted by molar-refractivity contribution is 5.89. The van der Waals surface area contributed by atoms with E-state index in [0.717, 1.165) is 25.9 Å². The summed E-state index contributed by atoms with van der Waals surface area (Å²) in [4.78, 5) is 9.47. The van der Waals surface area contributed by atoms with Gasteiger partial charge in [0.25, 0.3) is 0 Å². The van der Waals surface area contributed by atoms with Gasteiger partial charge in [0, 0.05) is 13.5 Å². The molecule has 1 atom stereocenters. The third kappa shape index (κ3) is 5.44. The van der Waals surface area contributed by atoms with Gasteiger partial charge in [0.2, 0.25) is 0 Å². The maximum absolute atomic E-state index is 12.7. The van der Waals surface area contributed by atoms with Gasteiger partial charge in [-0.05, 0) is 26.4 Å². The number of nitrogens with zero attached hydrogens (tertiary/aromatic N) is 3. The lowest BCUT2D eigenvalue weighted by molar-refractivity contribution is 0.0932. The Labute approximate surface area is 101 Å². The number of likely N-dealkylation sites (tertiary alicyclic amines) is 1. The van der Waals surface area contributed by atoms with Crippen LogP contribution in [0.15, 0.2) is 22.4 Å². The van der Waals surface area contributed by atoms with Crippen molar-refractivity contribution in [2.75, 3.05) is 20.1 Å². The molecule has 6 heteroatoms. The van der Waals surface area contributed by atoms with E-state index in [-0.39, 0.29) is 17.9 Å². The zero-order valence-corrected chi connectivity index (χ0v) is 10.3. The summed E-state index contributed by atoms with van der Waals surface area (Å²) in [7, 11) is 2.01. The molecule has 0 spiro atoms. The summed E-state index contributed by atoms with van der Waals surface area (Å²) in [5.74, 6) is -0.566. The number of ether oxygens (including phenoxy) is 1. The van der Waals surface area contributed by atoms with Gasteiger partial charge in [-0.3, -0.25) is 0 Å². The highest BCUT2D eigenvalue weighted by atomic mass is 19.1. The van der Waals surface area contributed by atoms with Crippen LogP contribution in [0.2, 0.25) is 0 Å². The minimum atomic E-state index is -0.617. The number of nitrogens with two attached hydrogens (primary N) is 1. The summed E-state index contributed by atoms with van der Waals surface area (Å²) >= 11 is 0. The lowest BCUT2D eigenvalue weighted by Crippen LogP contribution is -2.38. The lowest BCUT2D eigenvalue weighted by Gasteiger charge is -2.29. The molecule has 0 amide bonds. The maximum atomic E-state index is 12.7. The molecule has 1 rings (SSSR count). The Hall–Kier alpha value is -1.43. The standard InChI is InChI=1S/C11H19FN4O/c1-8(12)14-11(15-9(2)13)17-10-5-4-6-16(3)7-10/h10H,2,4-7,13H2,1,3H3/b14-8+,15-11+. The zero-order chi connectivity index (χ0) is 12.8. The van der Waals surface area contributed by atoms with Crippen LogP contribution in [0.5, 0.6) is 0 Å². The molecule has 0 radical (unpaired) electrons. The highest BCUT2D eigenvalue weighted by Crippen LogP contribution is 2.12. The number of amidine groups is 1. The molecule has 0 aromatic carbocycles. The minimum absolute atomic E-state index is 0.0325. The average molecular weight is 242 g/mol. The predicted octanol–water partition coefficient (Wildman–Crippen LogP) is 1.27. The minimum Gasteiger partial charge on any atom is -0.459 e. The fourth-order valence-electron chi connectivity index (χ4n) is 1.70. The van der Waals surface area contributed by atoms with Gasteiger partial charge in [0.05, 0.1) is 0 Å². The van der Waals surface area contributed by atoms with Gasteiger partial charge in [-0.1, -0.05) is 6.58 Å². The van der Waals surface area contributed by atoms with Crippen molar-refractivity contribution in [3.8, 4) is 0 Å². The number of hydrogen-bond donors (Lipinski definition) is 1. The Morgan fingerprint density at radius 2 is 2.24 bits per heavy atom. The maximum Gasteiger partial charge on any atom is 0.321 e. The summed E-state index contributed by atoms with van der Waals surface area (Å²) < 4.78 is 18.3. The van der Waals surface area contributed by atoms with Gasteiger partial charge in [-0.25, -0.2) is 0 Å². The quantitative estimate of drug-likeness (QED) is 0.586. The Morgan fingerprint density at radius 1 is 1.53 bits per heavy atom. The molecule has 96 valence electrons. The van der Waals surface area contributed by atoms with Gasteiger partial charge in [0.15, 0.2) is 5.97 Å². The normalized spacial score (nSPS) is 23.6. The molecule has 1 aliphatic heterocycles. The molecule has 0 aliphatic carbocycles. The fourth-order valence-corrected chi connectivity index (χ4v) is 1.70. The van der Waals surface area contributed by atoms with E-state index in [1.807, 2.05) is 7.05 Å². The third-order valence-electron chi connectivity index (χ3n) is 2.34. The largest absolute Gasteiger partial charge is 0.459 e. The number of halogens is 1. The van der Waals surface area contributed by atoms with Crippen LogP contribution < -0.4 is 5.73 Å². The number of hydrogen-bond acceptors (Lipinski definition) is 4. The van der Waals surface area contributed by atoms with E-state index in [9.17, 15) is 4.39 Å². The summed E-state index contributed by atoms with van der Waals surface area (Å²) in [6.45, 7) is 6.46. The van der Waals surface area contributed by atoms with E-state index in [4.69, 9.17) is 10.5 Å². The van der Waals surface area contributed by atoms with E-state index < -0.39 is 5.97 Å². The topological polar surface area (TPSA) is 63.2 Å². The second-order valence-corrected chi connectivity index (χ2v) is 4.14. The van der Waals surface area contributed by atoms with Crippen LogP contribution in [0.4, 0.5) is 4.39 Å². The van der Waals surface area contributed by atoms with Crippen LogP contribution in [0.1, 0.15) is 19.8 Å². The first-order chi connectivity index (χ1) is 7.97. The van der Waals surface area contributed by atoms with Crippen molar-refractivity contribution < 1.29 is 9.13 Å². The monoisotopic (exact) mass is 242 g/mol. The molecular formula is C11H19FN4O. The van der Waals surface area contributed by atoms with Crippen LogP contribution in [0, 0.1) is 0 Å². The molecule has 17 heavy (non-hydrogen) atoms. The zero-order valence-electron chi connectivity index (χ0n) is 10.3. The van der Waals surface area contributed by atoms with E-state index in [2.05, 4.69) is 21.5 Å². The van der Waals surface area contributed by atoms with Crippen LogP contribution in [0.25, 0.3) is 0 Å². The van der Waals surface area contributed by atoms with Crippen molar-refractivity contribution in [3.63, 3.8) is 0 Å². The van der Waals surface area contributed by atoms with Gasteiger partial charge in [-0.2, -0.15) is 14.4 Å². The number of piperidine rings is 1. The van der Waals surface area contributed by atoms with Gasteiger partial charge in [-0.15, -0.1) is 0 Å². The summed E-state index contributed by atoms with van der Waals surface area (Å²) in [6.07, 6.45) is 1.91. The van der Waals surface area contributed by atoms with Crippen molar-refractivity contribution in [2.45, 2.75) is 25.9 Å². The Kier molecular flexibility index (Phi) is 5.09. The highest BCUT2D eigenvalue weighted by Gasteiger charge is 2.20. The Morgan fingerprint density at radius 3 is 2.76 bits per heavy atom. The molecule has 2 N–H and O–H groups in total. The molecule has 1 fully saturated rings. The molecule has 0 aromatic rings. The summed E-state index contributed by atoms with van der Waals surface area (Å²) in [5, 5.41) is 0. The average Bonchev–Trinajstić information content (AvgIpc) is 2.14. The molecule has 0 bridgehead atoms. The Bertz CT molecular complexity index is 336. The molecule has 1 aliphatic rings. The molecular weight excluding hydrogens is 223 g/mol. The van der Waals surface area contributed by atoms with Crippen LogP contribution in [-0.4, -0.2) is 43.1 Å². The van der Waals surface area contributed by atoms with Gasteiger partial charge < -0.3 is 15.4 Å². The molecule has 0 saturated carbocycles. The second-order valence-electron chi connectivity index (χ2n) is 4.14. The summed E-state index contributed by atoms with van der Waals surface area (Å²) in [6, 6.07) is -0.0576. The SMILES string of the molecule is C=C(N)/N=C(\N=C(/C)F)OC1CCCN(C)C1. The fraction of sp³-hybridized carbons (Fsp3) is 0.636. The summed E-state index contributed by atoms with van der Waals surface area (Å²) in [5.41, 5.74) is 5.34. The first-order valence-electron chi connectivity index (χ1n) is 5.56. The van der Waals surface area contributed by atoms with E-state index in [1.54, 1.807) is 0 Å². The van der Waals surface area contributed by atoms with Crippen molar-refractivity contribution in [2.24, 2.45) is 15.7 Å². The van der Waals surface area contributed by atoms with Crippen LogP contribution in [0.3, 0.4) is 0 Å². The lowest BCUT2D eigenvalue weighted by atomic mass is 10.1. The first-order valence-corrected chi connectivity index (χ1v) is 5.56.